The lowest BCUT2D eigenvalue weighted by molar-refractivity contribution is -0.137. The number of carbonyl (C=O) groups is 1. The summed E-state index contributed by atoms with van der Waals surface area (Å²) in [4.78, 5) is 16.4. The Hall–Kier alpha value is -3.40. The van der Waals surface area contributed by atoms with Gasteiger partial charge in [-0.2, -0.15) is 23.0 Å². The second-order valence-corrected chi connectivity index (χ2v) is 6.53. The normalized spacial score (nSPS) is 11.4. The summed E-state index contributed by atoms with van der Waals surface area (Å²) >= 11 is 0. The highest BCUT2D eigenvalue weighted by Crippen LogP contribution is 2.30. The van der Waals surface area contributed by atoms with Gasteiger partial charge < -0.3 is 15.2 Å². The van der Waals surface area contributed by atoms with E-state index >= 15 is 0 Å². The highest BCUT2D eigenvalue weighted by Gasteiger charge is 2.30. The number of aromatic nitrogens is 3. The van der Waals surface area contributed by atoms with Gasteiger partial charge in [-0.25, -0.2) is 9.78 Å². The molecule has 2 heterocycles. The molecule has 3 aromatic rings. The topological polar surface area (TPSA) is 92.3 Å². The summed E-state index contributed by atoms with van der Waals surface area (Å²) in [5.74, 6) is -0.124. The lowest BCUT2D eigenvalue weighted by atomic mass is 10.0. The van der Waals surface area contributed by atoms with E-state index in [1.54, 1.807) is 25.1 Å². The number of benzene rings is 1. The number of halogens is 3. The van der Waals surface area contributed by atoms with Gasteiger partial charge in [0.05, 0.1) is 18.4 Å². The zero-order chi connectivity index (χ0) is 22.4. The quantitative estimate of drug-likeness (QED) is 0.547. The van der Waals surface area contributed by atoms with Gasteiger partial charge >= 0.3 is 12.1 Å². The summed E-state index contributed by atoms with van der Waals surface area (Å²) in [5, 5.41) is 4.18. The average molecular weight is 434 g/mol. The largest absolute Gasteiger partial charge is 0.476 e. The van der Waals surface area contributed by atoms with Crippen molar-refractivity contribution < 1.29 is 27.4 Å². The van der Waals surface area contributed by atoms with Crippen molar-refractivity contribution in [1.82, 2.24) is 14.8 Å². The minimum absolute atomic E-state index is 0.125. The van der Waals surface area contributed by atoms with Gasteiger partial charge in [0.15, 0.2) is 5.82 Å². The number of pyridine rings is 1. The molecule has 164 valence electrons. The summed E-state index contributed by atoms with van der Waals surface area (Å²) in [6, 6.07) is 8.50. The van der Waals surface area contributed by atoms with Crippen molar-refractivity contribution in [2.24, 2.45) is 5.73 Å². The van der Waals surface area contributed by atoms with Gasteiger partial charge in [0, 0.05) is 12.7 Å². The number of esters is 1. The van der Waals surface area contributed by atoms with Crippen LogP contribution in [0.15, 0.2) is 48.8 Å². The molecule has 0 saturated carbocycles. The zero-order valence-corrected chi connectivity index (χ0v) is 16.7. The lowest BCUT2D eigenvalue weighted by Gasteiger charge is -2.11. The monoisotopic (exact) mass is 434 g/mol. The van der Waals surface area contributed by atoms with Crippen LogP contribution in [-0.4, -0.2) is 40.5 Å². The third kappa shape index (κ3) is 5.40. The van der Waals surface area contributed by atoms with Crippen LogP contribution in [0.5, 0.6) is 5.88 Å². The number of alkyl halides is 3. The third-order valence-electron chi connectivity index (χ3n) is 4.27. The molecule has 0 spiro atoms. The van der Waals surface area contributed by atoms with Crippen molar-refractivity contribution in [3.63, 3.8) is 0 Å². The third-order valence-corrected chi connectivity index (χ3v) is 4.27. The Balaban J connectivity index is 1.92. The van der Waals surface area contributed by atoms with Crippen LogP contribution in [0.4, 0.5) is 13.2 Å². The maximum Gasteiger partial charge on any atom is 0.416 e. The van der Waals surface area contributed by atoms with Crippen molar-refractivity contribution in [3.05, 3.63) is 71.0 Å². The second-order valence-electron chi connectivity index (χ2n) is 6.53. The SMILES string of the molecule is CCOC(=O)c1cnn(-c2cc(Cc3cccc(C(F)(F)F)c3)ccn2)c1OCCN. The van der Waals surface area contributed by atoms with Crippen LogP contribution in [0, 0.1) is 0 Å². The van der Waals surface area contributed by atoms with Gasteiger partial charge in [0.2, 0.25) is 5.88 Å². The zero-order valence-electron chi connectivity index (χ0n) is 16.7. The van der Waals surface area contributed by atoms with Crippen molar-refractivity contribution in [2.45, 2.75) is 19.5 Å². The predicted molar refractivity (Wildman–Crippen MR) is 106 cm³/mol. The molecule has 0 saturated heterocycles. The summed E-state index contributed by atoms with van der Waals surface area (Å²) < 4.78 is 50.9. The smallest absolute Gasteiger partial charge is 0.416 e. The fourth-order valence-electron chi connectivity index (χ4n) is 2.92. The van der Waals surface area contributed by atoms with E-state index in [-0.39, 0.29) is 37.6 Å². The molecule has 0 fully saturated rings. The molecule has 0 amide bonds. The van der Waals surface area contributed by atoms with Crippen molar-refractivity contribution >= 4 is 5.97 Å². The maximum atomic E-state index is 13.0. The Morgan fingerprint density at radius 2 is 1.97 bits per heavy atom. The second kappa shape index (κ2) is 9.61. The number of hydrogen-bond acceptors (Lipinski definition) is 6. The van der Waals surface area contributed by atoms with Crippen LogP contribution in [0.2, 0.25) is 0 Å². The highest BCUT2D eigenvalue weighted by molar-refractivity contribution is 5.91. The van der Waals surface area contributed by atoms with Crippen LogP contribution in [0.25, 0.3) is 5.82 Å². The van der Waals surface area contributed by atoms with Gasteiger partial charge in [-0.15, -0.1) is 0 Å². The number of nitrogens with two attached hydrogens (primary N) is 1. The number of hydrogen-bond donors (Lipinski definition) is 1. The van der Waals surface area contributed by atoms with Crippen LogP contribution in [0.3, 0.4) is 0 Å². The first-order chi connectivity index (χ1) is 14.8. The first-order valence-corrected chi connectivity index (χ1v) is 9.53. The molecule has 0 unspecified atom stereocenters. The minimum atomic E-state index is -4.41. The molecule has 0 aliphatic heterocycles. The fraction of sp³-hybridized carbons (Fsp3) is 0.286. The molecule has 31 heavy (non-hydrogen) atoms. The molecule has 2 aromatic heterocycles. The van der Waals surface area contributed by atoms with Crippen molar-refractivity contribution in [2.75, 3.05) is 19.8 Å². The van der Waals surface area contributed by atoms with Gasteiger partial charge in [0.1, 0.15) is 12.2 Å². The highest BCUT2D eigenvalue weighted by atomic mass is 19.4. The number of ether oxygens (including phenoxy) is 2. The van der Waals surface area contributed by atoms with E-state index in [2.05, 4.69) is 10.1 Å². The molecule has 10 heteroatoms. The summed E-state index contributed by atoms with van der Waals surface area (Å²) in [5.41, 5.74) is 6.13. The van der Waals surface area contributed by atoms with Gasteiger partial charge in [-0.05, 0) is 42.7 Å². The van der Waals surface area contributed by atoms with Gasteiger partial charge in [-0.1, -0.05) is 18.2 Å². The predicted octanol–water partition coefficient (Wildman–Crippen LogP) is 3.39. The van der Waals surface area contributed by atoms with Crippen LogP contribution < -0.4 is 10.5 Å². The van der Waals surface area contributed by atoms with E-state index in [1.165, 1.54) is 23.1 Å². The van der Waals surface area contributed by atoms with E-state index in [1.807, 2.05) is 0 Å². The first-order valence-electron chi connectivity index (χ1n) is 9.53. The molecule has 0 radical (unpaired) electrons. The van der Waals surface area contributed by atoms with Gasteiger partial charge in [0.25, 0.3) is 0 Å². The molecule has 1 aromatic carbocycles. The number of rotatable bonds is 8. The number of carbonyl (C=O) groups excluding carboxylic acids is 1. The molecule has 7 nitrogen and oxygen atoms in total. The molecule has 0 aliphatic rings. The molecular formula is C21H21F3N4O3. The van der Waals surface area contributed by atoms with E-state index in [0.717, 1.165) is 12.1 Å². The van der Waals surface area contributed by atoms with Crippen LogP contribution >= 0.6 is 0 Å². The van der Waals surface area contributed by atoms with Crippen molar-refractivity contribution in [3.8, 4) is 11.7 Å². The van der Waals surface area contributed by atoms with E-state index in [9.17, 15) is 18.0 Å². The Labute approximate surface area is 176 Å². The molecule has 0 aliphatic carbocycles. The van der Waals surface area contributed by atoms with Gasteiger partial charge in [-0.3, -0.25) is 0 Å². The lowest BCUT2D eigenvalue weighted by Crippen LogP contribution is -2.15. The molecule has 3 rings (SSSR count). The molecular weight excluding hydrogens is 413 g/mol. The first kappa shape index (κ1) is 22.3. The molecule has 0 atom stereocenters. The average Bonchev–Trinajstić information content (AvgIpc) is 3.16. The van der Waals surface area contributed by atoms with Crippen LogP contribution in [0.1, 0.15) is 34.0 Å². The Morgan fingerprint density at radius 3 is 2.68 bits per heavy atom. The Kier molecular flexibility index (Phi) is 6.91. The van der Waals surface area contributed by atoms with Crippen molar-refractivity contribution in [1.29, 1.82) is 0 Å². The summed E-state index contributed by atoms with van der Waals surface area (Å²) in [6.07, 6.45) is -1.33. The van der Waals surface area contributed by atoms with Crippen LogP contribution in [-0.2, 0) is 17.3 Å². The molecule has 2 N–H and O–H groups in total. The summed E-state index contributed by atoms with van der Waals surface area (Å²) in [6.45, 7) is 2.23. The van der Waals surface area contributed by atoms with E-state index in [4.69, 9.17) is 15.2 Å². The Morgan fingerprint density at radius 1 is 1.19 bits per heavy atom. The minimum Gasteiger partial charge on any atom is -0.476 e. The Bertz CT molecular complexity index is 1050. The fourth-order valence-corrected chi connectivity index (χ4v) is 2.92. The van der Waals surface area contributed by atoms with E-state index < -0.39 is 17.7 Å². The maximum absolute atomic E-state index is 13.0. The van der Waals surface area contributed by atoms with E-state index in [0.29, 0.717) is 16.9 Å². The number of nitrogens with zero attached hydrogens (tertiary/aromatic N) is 3. The molecule has 0 bridgehead atoms. The standard InChI is InChI=1S/C21H21F3N4O3/c1-2-30-20(29)17-13-27-28(19(17)31-9-7-25)18-12-15(6-8-26-18)10-14-4-3-5-16(11-14)21(22,23)24/h3-6,8,11-13H,2,7,9-10,25H2,1H3. The summed E-state index contributed by atoms with van der Waals surface area (Å²) in [7, 11) is 0.